The van der Waals surface area contributed by atoms with Gasteiger partial charge in [0.15, 0.2) is 11.5 Å². The molecular weight excluding hydrogens is 342 g/mol. The summed E-state index contributed by atoms with van der Waals surface area (Å²) in [7, 11) is 0. The van der Waals surface area contributed by atoms with Crippen LogP contribution in [-0.4, -0.2) is 21.9 Å². The topological polar surface area (TPSA) is 38.8 Å². The van der Waals surface area contributed by atoms with Crippen molar-refractivity contribution in [3.8, 4) is 11.5 Å². The molecule has 2 aliphatic heterocycles. The molecule has 3 aliphatic rings. The molecule has 1 atom stereocenters. The summed E-state index contributed by atoms with van der Waals surface area (Å²) in [4.78, 5) is 15.1. The molecule has 124 valence electrons. The number of hydrogen-bond donors (Lipinski definition) is 0. The van der Waals surface area contributed by atoms with Crippen LogP contribution in [0.25, 0.3) is 0 Å². The van der Waals surface area contributed by atoms with E-state index in [1.165, 1.54) is 11.8 Å². The highest BCUT2D eigenvalue weighted by atomic mass is 32.2. The normalized spacial score (nSPS) is 24.2. The van der Waals surface area contributed by atoms with Crippen LogP contribution < -0.4 is 9.47 Å². The van der Waals surface area contributed by atoms with E-state index < -0.39 is 0 Å². The fraction of sp³-hybridized carbons (Fsp3) is 0.333. The summed E-state index contributed by atoms with van der Waals surface area (Å²) in [6, 6.07) is 5.73. The van der Waals surface area contributed by atoms with Gasteiger partial charge in [-0.2, -0.15) is 0 Å². The minimum atomic E-state index is 0.0113. The van der Waals surface area contributed by atoms with Crippen LogP contribution in [0.5, 0.6) is 11.5 Å². The lowest BCUT2D eigenvalue weighted by atomic mass is 9.94. The molecule has 0 aromatic heterocycles. The first kappa shape index (κ1) is 15.7. The van der Waals surface area contributed by atoms with Crippen LogP contribution in [-0.2, 0) is 11.3 Å². The quantitative estimate of drug-likeness (QED) is 0.463. The van der Waals surface area contributed by atoms with Crippen LogP contribution in [0.1, 0.15) is 24.8 Å². The SMILES string of the molecule is O=C1C(=CC2CC=CCC2)SC(=S)N1Cc1ccc2c(c1)OCO2. The molecular formula is C18H17NO3S2. The van der Waals surface area contributed by atoms with Crippen molar-refractivity contribution in [3.05, 3.63) is 46.9 Å². The number of carbonyl (C=O) groups is 1. The van der Waals surface area contributed by atoms with E-state index in [0.717, 1.165) is 41.2 Å². The van der Waals surface area contributed by atoms with E-state index in [4.69, 9.17) is 21.7 Å². The van der Waals surface area contributed by atoms with E-state index in [1.54, 1.807) is 4.90 Å². The van der Waals surface area contributed by atoms with Crippen LogP contribution >= 0.6 is 24.0 Å². The monoisotopic (exact) mass is 359 g/mol. The number of ether oxygens (including phenoxy) is 2. The van der Waals surface area contributed by atoms with Crippen LogP contribution in [0.15, 0.2) is 41.3 Å². The molecule has 1 aliphatic carbocycles. The maximum Gasteiger partial charge on any atom is 0.266 e. The molecule has 0 radical (unpaired) electrons. The average molecular weight is 359 g/mol. The summed E-state index contributed by atoms with van der Waals surface area (Å²) in [6.45, 7) is 0.710. The van der Waals surface area contributed by atoms with Crippen LogP contribution in [0, 0.1) is 5.92 Å². The number of nitrogens with zero attached hydrogens (tertiary/aromatic N) is 1. The van der Waals surface area contributed by atoms with E-state index >= 15 is 0 Å². The van der Waals surface area contributed by atoms with Gasteiger partial charge in [0, 0.05) is 0 Å². The summed E-state index contributed by atoms with van der Waals surface area (Å²) in [5, 5.41) is 0. The van der Waals surface area contributed by atoms with Crippen molar-refractivity contribution >= 4 is 34.2 Å². The number of hydrogen-bond acceptors (Lipinski definition) is 5. The van der Waals surface area contributed by atoms with Crippen molar-refractivity contribution in [2.45, 2.75) is 25.8 Å². The number of fused-ring (bicyclic) bond motifs is 1. The van der Waals surface area contributed by atoms with Crippen LogP contribution in [0.2, 0.25) is 0 Å². The Hall–Kier alpha value is -1.79. The summed E-state index contributed by atoms with van der Waals surface area (Å²) in [5.74, 6) is 1.92. The Balaban J connectivity index is 1.49. The van der Waals surface area contributed by atoms with Crippen LogP contribution in [0.3, 0.4) is 0 Å². The number of thioether (sulfide) groups is 1. The van der Waals surface area contributed by atoms with Gasteiger partial charge >= 0.3 is 0 Å². The number of amides is 1. The first-order chi connectivity index (χ1) is 11.7. The van der Waals surface area contributed by atoms with E-state index in [0.29, 0.717) is 16.8 Å². The number of carbonyl (C=O) groups excluding carboxylic acids is 1. The van der Waals surface area contributed by atoms with E-state index in [9.17, 15) is 4.79 Å². The zero-order valence-electron chi connectivity index (χ0n) is 13.1. The molecule has 1 aromatic carbocycles. The predicted octanol–water partition coefficient (Wildman–Crippen LogP) is 4.02. The Labute approximate surface area is 150 Å². The Morgan fingerprint density at radius 1 is 1.29 bits per heavy atom. The second-order valence-electron chi connectivity index (χ2n) is 6.02. The lowest BCUT2D eigenvalue weighted by Crippen LogP contribution is -2.27. The number of rotatable bonds is 3. The molecule has 4 nitrogen and oxygen atoms in total. The second kappa shape index (κ2) is 6.61. The molecule has 1 amide bonds. The Bertz CT molecular complexity index is 757. The number of thiocarbonyl (C=S) groups is 1. The number of benzene rings is 1. The van der Waals surface area contributed by atoms with Gasteiger partial charge in [-0.05, 0) is 42.9 Å². The molecule has 1 unspecified atom stereocenters. The van der Waals surface area contributed by atoms with Gasteiger partial charge in [-0.1, -0.05) is 48.3 Å². The molecule has 24 heavy (non-hydrogen) atoms. The first-order valence-corrected chi connectivity index (χ1v) is 9.22. The van der Waals surface area contributed by atoms with Crippen molar-refractivity contribution in [1.82, 2.24) is 4.90 Å². The third-order valence-electron chi connectivity index (χ3n) is 4.35. The lowest BCUT2D eigenvalue weighted by Gasteiger charge is -2.15. The highest BCUT2D eigenvalue weighted by molar-refractivity contribution is 8.26. The highest BCUT2D eigenvalue weighted by Gasteiger charge is 2.32. The van der Waals surface area contributed by atoms with E-state index in [2.05, 4.69) is 18.2 Å². The van der Waals surface area contributed by atoms with Crippen molar-refractivity contribution in [2.75, 3.05) is 6.79 Å². The zero-order chi connectivity index (χ0) is 16.5. The molecule has 1 saturated heterocycles. The van der Waals surface area contributed by atoms with Gasteiger partial charge in [-0.3, -0.25) is 9.69 Å². The van der Waals surface area contributed by atoms with Crippen molar-refractivity contribution in [2.24, 2.45) is 5.92 Å². The molecule has 0 spiro atoms. The molecule has 1 aromatic rings. The Morgan fingerprint density at radius 2 is 2.17 bits per heavy atom. The maximum absolute atomic E-state index is 12.7. The maximum atomic E-state index is 12.7. The van der Waals surface area contributed by atoms with E-state index in [1.807, 2.05) is 18.2 Å². The van der Waals surface area contributed by atoms with Crippen LogP contribution in [0.4, 0.5) is 0 Å². The molecule has 1 fully saturated rings. The smallest absolute Gasteiger partial charge is 0.266 e. The molecule has 6 heteroatoms. The number of allylic oxidation sites excluding steroid dienone is 3. The molecule has 0 N–H and O–H groups in total. The summed E-state index contributed by atoms with van der Waals surface area (Å²) in [6.07, 6.45) is 9.68. The van der Waals surface area contributed by atoms with Gasteiger partial charge in [-0.15, -0.1) is 0 Å². The van der Waals surface area contributed by atoms with Gasteiger partial charge in [-0.25, -0.2) is 0 Å². The Morgan fingerprint density at radius 3 is 3.00 bits per heavy atom. The lowest BCUT2D eigenvalue weighted by molar-refractivity contribution is -0.122. The highest BCUT2D eigenvalue weighted by Crippen LogP contribution is 2.37. The average Bonchev–Trinajstić information content (AvgIpc) is 3.16. The first-order valence-electron chi connectivity index (χ1n) is 8.00. The van der Waals surface area contributed by atoms with Gasteiger partial charge in [0.25, 0.3) is 5.91 Å². The minimum Gasteiger partial charge on any atom is -0.454 e. The van der Waals surface area contributed by atoms with Gasteiger partial charge in [0.1, 0.15) is 4.32 Å². The standard InChI is InChI=1S/C18H17NO3S2/c20-17-16(9-12-4-2-1-3-5-12)24-18(23)19(17)10-13-6-7-14-15(8-13)22-11-21-14/h1-2,6-9,12H,3-5,10-11H2. The molecule has 2 heterocycles. The second-order valence-corrected chi connectivity index (χ2v) is 7.70. The van der Waals surface area contributed by atoms with E-state index in [-0.39, 0.29) is 12.7 Å². The predicted molar refractivity (Wildman–Crippen MR) is 97.9 cm³/mol. The molecule has 0 saturated carbocycles. The van der Waals surface area contributed by atoms with Gasteiger partial charge < -0.3 is 9.47 Å². The fourth-order valence-corrected chi connectivity index (χ4v) is 4.38. The largest absolute Gasteiger partial charge is 0.454 e. The van der Waals surface area contributed by atoms with Crippen molar-refractivity contribution in [3.63, 3.8) is 0 Å². The third-order valence-corrected chi connectivity index (χ3v) is 5.74. The summed E-state index contributed by atoms with van der Waals surface area (Å²) >= 11 is 6.83. The summed E-state index contributed by atoms with van der Waals surface area (Å²) < 4.78 is 11.3. The van der Waals surface area contributed by atoms with Gasteiger partial charge in [0.05, 0.1) is 11.4 Å². The Kier molecular flexibility index (Phi) is 4.33. The minimum absolute atomic E-state index is 0.0113. The third kappa shape index (κ3) is 3.08. The van der Waals surface area contributed by atoms with Gasteiger partial charge in [0.2, 0.25) is 6.79 Å². The molecule has 0 bridgehead atoms. The molecule has 4 rings (SSSR count). The van der Waals surface area contributed by atoms with Crippen molar-refractivity contribution < 1.29 is 14.3 Å². The zero-order valence-corrected chi connectivity index (χ0v) is 14.7. The fourth-order valence-electron chi connectivity index (χ4n) is 3.05. The van der Waals surface area contributed by atoms with Crippen molar-refractivity contribution in [1.29, 1.82) is 0 Å². The summed E-state index contributed by atoms with van der Waals surface area (Å²) in [5.41, 5.74) is 0.984.